The van der Waals surface area contributed by atoms with E-state index < -0.39 is 0 Å². The Balaban J connectivity index is 2.00. The van der Waals surface area contributed by atoms with Crippen LogP contribution in [0.1, 0.15) is 24.0 Å². The van der Waals surface area contributed by atoms with E-state index in [1.807, 2.05) is 12.1 Å². The van der Waals surface area contributed by atoms with Crippen molar-refractivity contribution in [2.75, 3.05) is 34.4 Å². The fourth-order valence-corrected chi connectivity index (χ4v) is 5.22. The highest BCUT2D eigenvalue weighted by Gasteiger charge is 2.44. The highest BCUT2D eigenvalue weighted by atomic mass is 79.9. The van der Waals surface area contributed by atoms with Crippen LogP contribution in [0.4, 0.5) is 0 Å². The second-order valence-corrected chi connectivity index (χ2v) is 8.29. The average Bonchev–Trinajstić information content (AvgIpc) is 2.68. The zero-order valence-corrected chi connectivity index (χ0v) is 17.5. The van der Waals surface area contributed by atoms with Crippen LogP contribution in [0.15, 0.2) is 48.5 Å². The monoisotopic (exact) mass is 417 g/mol. The first-order valence-electron chi connectivity index (χ1n) is 9.18. The lowest BCUT2D eigenvalue weighted by molar-refractivity contribution is 0.186. The number of hydrogen-bond donors (Lipinski definition) is 0. The Morgan fingerprint density at radius 1 is 1.12 bits per heavy atom. The minimum absolute atomic E-state index is 0.0161. The number of hydrogen-bond acceptors (Lipinski definition) is 3. The molecule has 2 atom stereocenters. The van der Waals surface area contributed by atoms with Gasteiger partial charge in [-0.25, -0.2) is 0 Å². The molecule has 0 radical (unpaired) electrons. The normalized spacial score (nSPS) is 23.6. The number of likely N-dealkylation sites (tertiary alicyclic amines) is 1. The Kier molecular flexibility index (Phi) is 6.25. The molecule has 0 unspecified atom stereocenters. The van der Waals surface area contributed by atoms with E-state index in [1.54, 1.807) is 14.2 Å². The van der Waals surface area contributed by atoms with Gasteiger partial charge in [-0.2, -0.15) is 0 Å². The van der Waals surface area contributed by atoms with Crippen LogP contribution in [-0.2, 0) is 11.8 Å². The predicted molar refractivity (Wildman–Crippen MR) is 111 cm³/mol. The Labute approximate surface area is 165 Å². The van der Waals surface area contributed by atoms with Crippen molar-refractivity contribution in [3.8, 4) is 11.5 Å². The Hall–Kier alpha value is -1.52. The number of aryl methyl sites for hydroxylation is 1. The maximum Gasteiger partial charge on any atom is 0.122 e. The predicted octanol–water partition coefficient (Wildman–Crippen LogP) is 4.67. The number of alkyl halides is 1. The number of benzene rings is 2. The van der Waals surface area contributed by atoms with Gasteiger partial charge in [0.1, 0.15) is 11.5 Å². The maximum atomic E-state index is 5.76. The van der Waals surface area contributed by atoms with Crippen molar-refractivity contribution in [2.45, 2.75) is 29.5 Å². The average molecular weight is 418 g/mol. The van der Waals surface area contributed by atoms with Crippen molar-refractivity contribution >= 4 is 15.9 Å². The smallest absolute Gasteiger partial charge is 0.122 e. The van der Waals surface area contributed by atoms with Crippen molar-refractivity contribution in [1.82, 2.24) is 4.90 Å². The van der Waals surface area contributed by atoms with E-state index in [-0.39, 0.29) is 5.41 Å². The second kappa shape index (κ2) is 8.45. The third-order valence-electron chi connectivity index (χ3n) is 5.66. The zero-order chi connectivity index (χ0) is 18.6. The Bertz CT molecular complexity index is 721. The standard InChI is InChI=1S/C22H28BrNO2/c1-24-14-13-22(21(23)16-24,12-11-17-7-5-4-6-8-17)19-15-18(25-2)9-10-20(19)26-3/h4-10,15,21H,11-14,16H2,1-3H3/t21-,22-/m0/s1. The molecule has 0 saturated carbocycles. The summed E-state index contributed by atoms with van der Waals surface area (Å²) in [5.74, 6) is 1.84. The molecule has 0 N–H and O–H groups in total. The molecule has 0 aliphatic carbocycles. The molecule has 3 nitrogen and oxygen atoms in total. The molecule has 0 spiro atoms. The van der Waals surface area contributed by atoms with Crippen LogP contribution in [0.5, 0.6) is 11.5 Å². The van der Waals surface area contributed by atoms with Crippen molar-refractivity contribution in [3.05, 3.63) is 59.7 Å². The second-order valence-electron chi connectivity index (χ2n) is 7.19. The molecule has 26 heavy (non-hydrogen) atoms. The molecule has 0 aromatic heterocycles. The molecule has 1 aliphatic rings. The molecule has 1 aliphatic heterocycles. The van der Waals surface area contributed by atoms with E-state index in [0.717, 1.165) is 43.9 Å². The van der Waals surface area contributed by atoms with Gasteiger partial charge in [-0.1, -0.05) is 46.3 Å². The Morgan fingerprint density at radius 3 is 2.54 bits per heavy atom. The number of rotatable bonds is 6. The molecule has 4 heteroatoms. The summed E-state index contributed by atoms with van der Waals surface area (Å²) < 4.78 is 11.3. The highest BCUT2D eigenvalue weighted by Crippen LogP contribution is 2.47. The molecule has 0 bridgehead atoms. The minimum atomic E-state index is 0.0161. The van der Waals surface area contributed by atoms with Crippen LogP contribution < -0.4 is 9.47 Å². The summed E-state index contributed by atoms with van der Waals surface area (Å²) in [6.45, 7) is 2.10. The van der Waals surface area contributed by atoms with Gasteiger partial charge < -0.3 is 14.4 Å². The molecule has 2 aromatic carbocycles. The molecule has 1 saturated heterocycles. The largest absolute Gasteiger partial charge is 0.497 e. The van der Waals surface area contributed by atoms with Crippen LogP contribution in [0.2, 0.25) is 0 Å². The lowest BCUT2D eigenvalue weighted by atomic mass is 9.68. The molecule has 3 rings (SSSR count). The molecular formula is C22H28BrNO2. The van der Waals surface area contributed by atoms with Gasteiger partial charge in [0.15, 0.2) is 0 Å². The number of ether oxygens (including phenoxy) is 2. The third kappa shape index (κ3) is 3.91. The Morgan fingerprint density at radius 2 is 1.88 bits per heavy atom. The van der Waals surface area contributed by atoms with Gasteiger partial charge >= 0.3 is 0 Å². The number of nitrogens with zero attached hydrogens (tertiary/aromatic N) is 1. The van der Waals surface area contributed by atoms with Crippen LogP contribution >= 0.6 is 15.9 Å². The van der Waals surface area contributed by atoms with Crippen LogP contribution in [0.25, 0.3) is 0 Å². The SMILES string of the molecule is COc1ccc(OC)c([C@]2(CCc3ccccc3)CCN(C)C[C@@H]2Br)c1. The van der Waals surface area contributed by atoms with Gasteiger partial charge in [-0.05, 0) is 56.6 Å². The quantitative estimate of drug-likeness (QED) is 0.637. The molecular weight excluding hydrogens is 390 g/mol. The van der Waals surface area contributed by atoms with Gasteiger partial charge in [-0.15, -0.1) is 0 Å². The number of piperidine rings is 1. The zero-order valence-electron chi connectivity index (χ0n) is 15.9. The summed E-state index contributed by atoms with van der Waals surface area (Å²) >= 11 is 4.03. The molecule has 1 fully saturated rings. The summed E-state index contributed by atoms with van der Waals surface area (Å²) in [5.41, 5.74) is 2.65. The van der Waals surface area contributed by atoms with Crippen LogP contribution in [0.3, 0.4) is 0 Å². The fourth-order valence-electron chi connectivity index (χ4n) is 4.02. The lowest BCUT2D eigenvalue weighted by Gasteiger charge is -2.46. The van der Waals surface area contributed by atoms with Crippen LogP contribution in [-0.4, -0.2) is 44.1 Å². The number of methoxy groups -OCH3 is 2. The summed E-state index contributed by atoms with van der Waals surface area (Å²) in [6, 6.07) is 16.9. The van der Waals surface area contributed by atoms with Gasteiger partial charge in [0.2, 0.25) is 0 Å². The van der Waals surface area contributed by atoms with Crippen molar-refractivity contribution in [3.63, 3.8) is 0 Å². The van der Waals surface area contributed by atoms with E-state index in [4.69, 9.17) is 9.47 Å². The van der Waals surface area contributed by atoms with E-state index >= 15 is 0 Å². The van der Waals surface area contributed by atoms with E-state index in [1.165, 1.54) is 11.1 Å². The van der Waals surface area contributed by atoms with E-state index in [0.29, 0.717) is 4.83 Å². The molecule has 2 aromatic rings. The van der Waals surface area contributed by atoms with Gasteiger partial charge in [0.25, 0.3) is 0 Å². The van der Waals surface area contributed by atoms with Crippen molar-refractivity contribution in [2.24, 2.45) is 0 Å². The van der Waals surface area contributed by atoms with Gasteiger partial charge in [0.05, 0.1) is 14.2 Å². The molecule has 1 heterocycles. The van der Waals surface area contributed by atoms with Gasteiger partial charge in [-0.3, -0.25) is 0 Å². The summed E-state index contributed by atoms with van der Waals surface area (Å²) in [4.78, 5) is 2.76. The summed E-state index contributed by atoms with van der Waals surface area (Å²) in [7, 11) is 5.68. The molecule has 140 valence electrons. The first-order chi connectivity index (χ1) is 12.6. The lowest BCUT2D eigenvalue weighted by Crippen LogP contribution is -2.50. The van der Waals surface area contributed by atoms with Crippen molar-refractivity contribution < 1.29 is 9.47 Å². The van der Waals surface area contributed by atoms with Gasteiger partial charge in [0, 0.05) is 22.4 Å². The first kappa shape index (κ1) is 19.2. The topological polar surface area (TPSA) is 21.7 Å². The summed E-state index contributed by atoms with van der Waals surface area (Å²) in [6.07, 6.45) is 3.22. The fraction of sp³-hybridized carbons (Fsp3) is 0.455. The summed E-state index contributed by atoms with van der Waals surface area (Å²) in [5, 5.41) is 0. The highest BCUT2D eigenvalue weighted by molar-refractivity contribution is 9.09. The first-order valence-corrected chi connectivity index (χ1v) is 10.1. The maximum absolute atomic E-state index is 5.76. The molecule has 0 amide bonds. The van der Waals surface area contributed by atoms with Crippen molar-refractivity contribution in [1.29, 1.82) is 0 Å². The van der Waals surface area contributed by atoms with E-state index in [9.17, 15) is 0 Å². The van der Waals surface area contributed by atoms with E-state index in [2.05, 4.69) is 64.3 Å². The number of halogens is 1. The van der Waals surface area contributed by atoms with Crippen LogP contribution in [0, 0.1) is 0 Å². The third-order valence-corrected chi connectivity index (χ3v) is 6.82. The minimum Gasteiger partial charge on any atom is -0.497 e.